The first-order valence-corrected chi connectivity index (χ1v) is 7.13. The Balaban J connectivity index is 2.12. The average Bonchev–Trinajstić information content (AvgIpc) is 2.37. The summed E-state index contributed by atoms with van der Waals surface area (Å²) in [5, 5.41) is 10.0. The third-order valence-corrected chi connectivity index (χ3v) is 4.08. The number of rotatable bonds is 4. The van der Waals surface area contributed by atoms with E-state index in [2.05, 4.69) is 31.2 Å². The first-order valence-electron chi connectivity index (χ1n) is 5.76. The van der Waals surface area contributed by atoms with Crippen LogP contribution >= 0.6 is 23.4 Å². The maximum Gasteiger partial charge on any atom is 0.0692 e. The second kappa shape index (κ2) is 6.28. The number of aliphatic hydroxyl groups is 1. The summed E-state index contributed by atoms with van der Waals surface area (Å²) in [5.41, 5.74) is 3.47. The molecule has 3 heteroatoms. The molecule has 0 fully saturated rings. The minimum Gasteiger partial charge on any atom is -0.392 e. The summed E-state index contributed by atoms with van der Waals surface area (Å²) in [4.78, 5) is 1.05. The lowest BCUT2D eigenvalue weighted by Crippen LogP contribution is -1.89. The zero-order chi connectivity index (χ0) is 13.0. The van der Waals surface area contributed by atoms with Crippen LogP contribution < -0.4 is 0 Å². The predicted molar refractivity (Wildman–Crippen MR) is 78.1 cm³/mol. The van der Waals surface area contributed by atoms with E-state index in [4.69, 9.17) is 11.6 Å². The standard InChI is InChI=1S/C15H15ClOS/c1-11-3-2-4-12(7-11)10-18-15-8-14(16)6-5-13(15)9-17/h2-8,17H,9-10H2,1H3. The number of hydrogen-bond donors (Lipinski definition) is 1. The number of aliphatic hydroxyl groups excluding tert-OH is 1. The third-order valence-electron chi connectivity index (χ3n) is 2.68. The largest absolute Gasteiger partial charge is 0.392 e. The van der Waals surface area contributed by atoms with Gasteiger partial charge in [-0.3, -0.25) is 0 Å². The van der Waals surface area contributed by atoms with Crippen molar-refractivity contribution in [1.82, 2.24) is 0 Å². The minimum absolute atomic E-state index is 0.0489. The molecule has 2 aromatic rings. The molecule has 0 spiro atoms. The van der Waals surface area contributed by atoms with Crippen molar-refractivity contribution in [2.24, 2.45) is 0 Å². The highest BCUT2D eigenvalue weighted by Crippen LogP contribution is 2.29. The van der Waals surface area contributed by atoms with Crippen LogP contribution in [0.3, 0.4) is 0 Å². The maximum absolute atomic E-state index is 9.29. The van der Waals surface area contributed by atoms with Gasteiger partial charge in [-0.15, -0.1) is 11.8 Å². The number of benzene rings is 2. The molecule has 2 aromatic carbocycles. The maximum atomic E-state index is 9.29. The fourth-order valence-electron chi connectivity index (χ4n) is 1.76. The third kappa shape index (κ3) is 3.52. The van der Waals surface area contributed by atoms with Crippen molar-refractivity contribution in [2.75, 3.05) is 0 Å². The van der Waals surface area contributed by atoms with Gasteiger partial charge in [0.2, 0.25) is 0 Å². The van der Waals surface area contributed by atoms with Crippen molar-refractivity contribution in [1.29, 1.82) is 0 Å². The summed E-state index contributed by atoms with van der Waals surface area (Å²) >= 11 is 7.69. The SMILES string of the molecule is Cc1cccc(CSc2cc(Cl)ccc2CO)c1. The quantitative estimate of drug-likeness (QED) is 0.835. The van der Waals surface area contributed by atoms with Gasteiger partial charge in [0.15, 0.2) is 0 Å². The van der Waals surface area contributed by atoms with Crippen LogP contribution in [0.15, 0.2) is 47.4 Å². The molecule has 0 heterocycles. The van der Waals surface area contributed by atoms with Gasteiger partial charge in [0.25, 0.3) is 0 Å². The van der Waals surface area contributed by atoms with Crippen LogP contribution in [0.2, 0.25) is 5.02 Å². The van der Waals surface area contributed by atoms with Crippen LogP contribution in [-0.2, 0) is 12.4 Å². The zero-order valence-electron chi connectivity index (χ0n) is 10.2. The van der Waals surface area contributed by atoms with E-state index in [1.807, 2.05) is 18.2 Å². The Morgan fingerprint density at radius 3 is 2.72 bits per heavy atom. The Labute approximate surface area is 117 Å². The summed E-state index contributed by atoms with van der Waals surface area (Å²) in [6.45, 7) is 2.14. The fraction of sp³-hybridized carbons (Fsp3) is 0.200. The fourth-order valence-corrected chi connectivity index (χ4v) is 3.02. The predicted octanol–water partition coefficient (Wildman–Crippen LogP) is 4.43. The number of halogens is 1. The van der Waals surface area contributed by atoms with E-state index in [0.29, 0.717) is 5.02 Å². The van der Waals surface area contributed by atoms with Gasteiger partial charge in [0.1, 0.15) is 0 Å². The first-order chi connectivity index (χ1) is 8.69. The second-order valence-corrected chi connectivity index (χ2v) is 5.64. The molecule has 0 radical (unpaired) electrons. The molecule has 2 rings (SSSR count). The highest BCUT2D eigenvalue weighted by molar-refractivity contribution is 7.98. The van der Waals surface area contributed by atoms with Crippen molar-refractivity contribution in [3.63, 3.8) is 0 Å². The lowest BCUT2D eigenvalue weighted by atomic mass is 10.2. The lowest BCUT2D eigenvalue weighted by Gasteiger charge is -2.08. The highest BCUT2D eigenvalue weighted by atomic mass is 35.5. The van der Waals surface area contributed by atoms with Crippen molar-refractivity contribution in [3.05, 3.63) is 64.2 Å². The number of hydrogen-bond acceptors (Lipinski definition) is 2. The molecule has 94 valence electrons. The van der Waals surface area contributed by atoms with E-state index in [1.165, 1.54) is 11.1 Å². The van der Waals surface area contributed by atoms with Crippen LogP contribution in [0.5, 0.6) is 0 Å². The van der Waals surface area contributed by atoms with E-state index in [9.17, 15) is 5.11 Å². The van der Waals surface area contributed by atoms with Crippen LogP contribution in [-0.4, -0.2) is 5.11 Å². The molecule has 0 atom stereocenters. The molecule has 0 aromatic heterocycles. The van der Waals surface area contributed by atoms with Crippen molar-refractivity contribution >= 4 is 23.4 Å². The molecule has 0 amide bonds. The molecular weight excluding hydrogens is 264 g/mol. The molecule has 0 saturated carbocycles. The average molecular weight is 279 g/mol. The Hall–Kier alpha value is -0.960. The zero-order valence-corrected chi connectivity index (χ0v) is 11.8. The van der Waals surface area contributed by atoms with Gasteiger partial charge in [-0.25, -0.2) is 0 Å². The molecule has 0 aliphatic heterocycles. The number of thioether (sulfide) groups is 1. The van der Waals surface area contributed by atoms with E-state index in [0.717, 1.165) is 16.2 Å². The Morgan fingerprint density at radius 1 is 1.17 bits per heavy atom. The van der Waals surface area contributed by atoms with E-state index in [1.54, 1.807) is 11.8 Å². The molecule has 0 saturated heterocycles. The van der Waals surface area contributed by atoms with E-state index >= 15 is 0 Å². The van der Waals surface area contributed by atoms with Gasteiger partial charge in [0.05, 0.1) is 6.61 Å². The van der Waals surface area contributed by atoms with Crippen LogP contribution in [0.4, 0.5) is 0 Å². The van der Waals surface area contributed by atoms with Gasteiger partial charge in [-0.2, -0.15) is 0 Å². The van der Waals surface area contributed by atoms with E-state index < -0.39 is 0 Å². The van der Waals surface area contributed by atoms with Crippen LogP contribution in [0, 0.1) is 6.92 Å². The Kier molecular flexibility index (Phi) is 4.70. The highest BCUT2D eigenvalue weighted by Gasteiger charge is 2.04. The summed E-state index contributed by atoms with van der Waals surface area (Å²) < 4.78 is 0. The topological polar surface area (TPSA) is 20.2 Å². The molecule has 18 heavy (non-hydrogen) atoms. The minimum atomic E-state index is 0.0489. The van der Waals surface area contributed by atoms with Gasteiger partial charge >= 0.3 is 0 Å². The molecule has 1 N–H and O–H groups in total. The van der Waals surface area contributed by atoms with Crippen molar-refractivity contribution in [2.45, 2.75) is 24.2 Å². The Bertz CT molecular complexity index is 540. The van der Waals surface area contributed by atoms with E-state index in [-0.39, 0.29) is 6.61 Å². The van der Waals surface area contributed by atoms with Crippen molar-refractivity contribution < 1.29 is 5.11 Å². The molecule has 0 aliphatic carbocycles. The van der Waals surface area contributed by atoms with Crippen LogP contribution in [0.1, 0.15) is 16.7 Å². The Morgan fingerprint density at radius 2 is 2.00 bits per heavy atom. The summed E-state index contributed by atoms with van der Waals surface area (Å²) in [7, 11) is 0. The second-order valence-electron chi connectivity index (χ2n) is 4.19. The summed E-state index contributed by atoms with van der Waals surface area (Å²) in [5.74, 6) is 0.884. The van der Waals surface area contributed by atoms with Gasteiger partial charge < -0.3 is 5.11 Å². The first kappa shape index (κ1) is 13.5. The molecule has 0 aliphatic rings. The molecule has 0 unspecified atom stereocenters. The van der Waals surface area contributed by atoms with Crippen molar-refractivity contribution in [3.8, 4) is 0 Å². The molecule has 0 bridgehead atoms. The van der Waals surface area contributed by atoms with Gasteiger partial charge in [0, 0.05) is 15.7 Å². The molecular formula is C15H15ClOS. The molecule has 1 nitrogen and oxygen atoms in total. The smallest absolute Gasteiger partial charge is 0.0692 e. The number of aryl methyl sites for hydroxylation is 1. The normalized spacial score (nSPS) is 10.6. The van der Waals surface area contributed by atoms with Crippen LogP contribution in [0.25, 0.3) is 0 Å². The van der Waals surface area contributed by atoms with Gasteiger partial charge in [-0.05, 0) is 30.2 Å². The van der Waals surface area contributed by atoms with Gasteiger partial charge in [-0.1, -0.05) is 47.5 Å². The summed E-state index contributed by atoms with van der Waals surface area (Å²) in [6.07, 6.45) is 0. The monoisotopic (exact) mass is 278 g/mol. The summed E-state index contributed by atoms with van der Waals surface area (Å²) in [6, 6.07) is 14.0. The lowest BCUT2D eigenvalue weighted by molar-refractivity contribution is 0.279.